The van der Waals surface area contributed by atoms with E-state index in [4.69, 9.17) is 5.73 Å². The lowest BCUT2D eigenvalue weighted by Gasteiger charge is -2.22. The number of rotatable bonds is 4. The molecule has 3 heterocycles. The summed E-state index contributed by atoms with van der Waals surface area (Å²) in [6.07, 6.45) is 3.52. The van der Waals surface area contributed by atoms with E-state index in [2.05, 4.69) is 15.2 Å². The molecule has 1 atom stereocenters. The van der Waals surface area contributed by atoms with Crippen LogP contribution in [-0.2, 0) is 17.9 Å². The van der Waals surface area contributed by atoms with Crippen LogP contribution in [0, 0.1) is 0 Å². The number of nitrogens with zero attached hydrogens (tertiary/aromatic N) is 3. The Morgan fingerprint density at radius 1 is 1.19 bits per heavy atom. The summed E-state index contributed by atoms with van der Waals surface area (Å²) in [5, 5.41) is 7.46. The summed E-state index contributed by atoms with van der Waals surface area (Å²) in [6, 6.07) is 13.6. The number of aromatic nitrogens is 3. The molecule has 1 aliphatic heterocycles. The molecule has 4 rings (SSSR count). The van der Waals surface area contributed by atoms with Crippen LogP contribution in [0.3, 0.4) is 0 Å². The minimum absolute atomic E-state index is 0. The number of hydrogen-bond acceptors (Lipinski definition) is 4. The van der Waals surface area contributed by atoms with Gasteiger partial charge in [-0.25, -0.2) is 0 Å². The number of benzene rings is 1. The number of hydrogen-bond donors (Lipinski definition) is 2. The first-order valence-corrected chi connectivity index (χ1v) is 8.28. The van der Waals surface area contributed by atoms with Gasteiger partial charge in [-0.05, 0) is 17.7 Å². The molecule has 0 saturated carbocycles. The van der Waals surface area contributed by atoms with E-state index < -0.39 is 0 Å². The Morgan fingerprint density at radius 3 is 2.69 bits per heavy atom. The Hall–Kier alpha value is -2.99. The van der Waals surface area contributed by atoms with Crippen LogP contribution in [0.4, 0.5) is 0 Å². The minimum Gasteiger partial charge on any atom is -0.332 e. The minimum atomic E-state index is -0.319. The molecule has 0 spiro atoms. The normalized spacial score (nSPS) is 13.8. The van der Waals surface area contributed by atoms with Crippen LogP contribution in [0.5, 0.6) is 0 Å². The number of aromatic amines is 1. The second-order valence-electron chi connectivity index (χ2n) is 6.16. The average molecular weight is 349 g/mol. The van der Waals surface area contributed by atoms with Crippen LogP contribution in [0.2, 0.25) is 0 Å². The molecule has 0 aliphatic carbocycles. The third-order valence-electron chi connectivity index (χ3n) is 4.63. The van der Waals surface area contributed by atoms with Crippen LogP contribution in [0.15, 0.2) is 54.9 Å². The molecule has 1 amide bonds. The van der Waals surface area contributed by atoms with Gasteiger partial charge in [0.2, 0.25) is 5.91 Å². The van der Waals surface area contributed by atoms with E-state index >= 15 is 0 Å². The van der Waals surface area contributed by atoms with Crippen molar-refractivity contribution in [2.45, 2.75) is 26.4 Å². The molecule has 6 heteroatoms. The summed E-state index contributed by atoms with van der Waals surface area (Å²) >= 11 is 0. The number of nitrogens with two attached hydrogens (primary N) is 1. The Kier molecular flexibility index (Phi) is 5.14. The summed E-state index contributed by atoms with van der Waals surface area (Å²) in [6.45, 7) is 1.37. The Balaban J connectivity index is 0.00000196. The molecule has 3 N–H and O–H groups in total. The van der Waals surface area contributed by atoms with Crippen LogP contribution in [-0.4, -0.2) is 32.5 Å². The second kappa shape index (κ2) is 7.49. The SMILES string of the molecule is C.NCC(C(=O)N1Cc2[nH]nc(-c3cccnc3)c2C1)c1ccccc1. The fraction of sp³-hybridized carbons (Fsp3) is 0.250. The van der Waals surface area contributed by atoms with Crippen molar-refractivity contribution in [2.24, 2.45) is 5.73 Å². The maximum atomic E-state index is 13.0. The predicted molar refractivity (Wildman–Crippen MR) is 101 cm³/mol. The molecule has 134 valence electrons. The summed E-state index contributed by atoms with van der Waals surface area (Å²) in [7, 11) is 0. The van der Waals surface area contributed by atoms with E-state index in [1.165, 1.54) is 0 Å². The molecule has 1 aliphatic rings. The van der Waals surface area contributed by atoms with Crippen molar-refractivity contribution >= 4 is 5.91 Å². The molecule has 3 aromatic rings. The maximum absolute atomic E-state index is 13.0. The molecular formula is C20H23N5O. The van der Waals surface area contributed by atoms with Gasteiger partial charge in [-0.1, -0.05) is 37.8 Å². The van der Waals surface area contributed by atoms with Crippen molar-refractivity contribution < 1.29 is 4.79 Å². The van der Waals surface area contributed by atoms with Crippen LogP contribution in [0.25, 0.3) is 11.3 Å². The quantitative estimate of drug-likeness (QED) is 0.758. The van der Waals surface area contributed by atoms with Gasteiger partial charge in [0.25, 0.3) is 0 Å². The molecule has 2 aromatic heterocycles. The second-order valence-corrected chi connectivity index (χ2v) is 6.16. The first-order valence-electron chi connectivity index (χ1n) is 8.28. The highest BCUT2D eigenvalue weighted by Gasteiger charge is 2.32. The highest BCUT2D eigenvalue weighted by atomic mass is 16.2. The molecule has 6 nitrogen and oxygen atoms in total. The fourth-order valence-electron chi connectivity index (χ4n) is 3.32. The standard InChI is InChI=1S/C19H19N5O.CH4/c20-9-15(13-5-2-1-3-6-13)19(25)24-11-16-17(12-24)22-23-18(16)14-7-4-8-21-10-14;/h1-8,10,15H,9,11-12,20H2,(H,22,23);1H4. The fourth-order valence-corrected chi connectivity index (χ4v) is 3.32. The monoisotopic (exact) mass is 349 g/mol. The molecule has 26 heavy (non-hydrogen) atoms. The maximum Gasteiger partial charge on any atom is 0.232 e. The van der Waals surface area contributed by atoms with Gasteiger partial charge in [0.15, 0.2) is 0 Å². The van der Waals surface area contributed by atoms with Crippen molar-refractivity contribution in [1.82, 2.24) is 20.1 Å². The lowest BCUT2D eigenvalue weighted by atomic mass is 9.98. The number of amides is 1. The van der Waals surface area contributed by atoms with Crippen molar-refractivity contribution in [3.05, 3.63) is 71.7 Å². The molecule has 0 bridgehead atoms. The topological polar surface area (TPSA) is 87.9 Å². The highest BCUT2D eigenvalue weighted by Crippen LogP contribution is 2.32. The van der Waals surface area contributed by atoms with Gasteiger partial charge in [0.05, 0.1) is 30.4 Å². The van der Waals surface area contributed by atoms with Crippen LogP contribution >= 0.6 is 0 Å². The third kappa shape index (κ3) is 3.11. The van der Waals surface area contributed by atoms with E-state index in [9.17, 15) is 4.79 Å². The lowest BCUT2D eigenvalue weighted by Crippen LogP contribution is -2.34. The first kappa shape index (κ1) is 17.8. The molecule has 1 aromatic carbocycles. The Bertz CT molecular complexity index is 876. The molecular weight excluding hydrogens is 326 g/mol. The van der Waals surface area contributed by atoms with Gasteiger partial charge < -0.3 is 10.6 Å². The van der Waals surface area contributed by atoms with Gasteiger partial charge in [0.1, 0.15) is 0 Å². The lowest BCUT2D eigenvalue weighted by molar-refractivity contribution is -0.133. The largest absolute Gasteiger partial charge is 0.332 e. The summed E-state index contributed by atoms with van der Waals surface area (Å²) < 4.78 is 0. The molecule has 0 saturated heterocycles. The smallest absolute Gasteiger partial charge is 0.232 e. The van der Waals surface area contributed by atoms with E-state index in [0.29, 0.717) is 19.6 Å². The summed E-state index contributed by atoms with van der Waals surface area (Å²) in [4.78, 5) is 19.0. The zero-order chi connectivity index (χ0) is 17.2. The summed E-state index contributed by atoms with van der Waals surface area (Å²) in [5.41, 5.74) is 10.7. The average Bonchev–Trinajstić information content (AvgIpc) is 3.24. The number of carbonyl (C=O) groups excluding carboxylic acids is 1. The predicted octanol–water partition coefficient (Wildman–Crippen LogP) is 2.69. The zero-order valence-corrected chi connectivity index (χ0v) is 13.7. The number of nitrogens with one attached hydrogen (secondary N) is 1. The van der Waals surface area contributed by atoms with E-state index in [-0.39, 0.29) is 19.3 Å². The van der Waals surface area contributed by atoms with Crippen molar-refractivity contribution in [3.8, 4) is 11.3 Å². The Labute approximate surface area is 153 Å². The van der Waals surface area contributed by atoms with Crippen molar-refractivity contribution in [3.63, 3.8) is 0 Å². The van der Waals surface area contributed by atoms with Crippen LogP contribution < -0.4 is 5.73 Å². The van der Waals surface area contributed by atoms with Gasteiger partial charge in [0, 0.05) is 30.1 Å². The molecule has 0 radical (unpaired) electrons. The first-order chi connectivity index (χ1) is 12.3. The molecule has 0 fully saturated rings. The third-order valence-corrected chi connectivity index (χ3v) is 4.63. The van der Waals surface area contributed by atoms with E-state index in [1.807, 2.05) is 47.4 Å². The number of carbonyl (C=O) groups is 1. The van der Waals surface area contributed by atoms with Crippen molar-refractivity contribution in [2.75, 3.05) is 6.54 Å². The van der Waals surface area contributed by atoms with Gasteiger partial charge in [-0.2, -0.15) is 5.10 Å². The molecule has 1 unspecified atom stereocenters. The Morgan fingerprint density at radius 2 is 2.00 bits per heavy atom. The van der Waals surface area contributed by atoms with E-state index in [0.717, 1.165) is 28.1 Å². The number of pyridine rings is 1. The summed E-state index contributed by atoms with van der Waals surface area (Å²) in [5.74, 6) is -0.268. The number of fused-ring (bicyclic) bond motifs is 1. The van der Waals surface area contributed by atoms with Crippen molar-refractivity contribution in [1.29, 1.82) is 0 Å². The van der Waals surface area contributed by atoms with Gasteiger partial charge in [-0.3, -0.25) is 14.9 Å². The van der Waals surface area contributed by atoms with Gasteiger partial charge >= 0.3 is 0 Å². The highest BCUT2D eigenvalue weighted by molar-refractivity contribution is 5.85. The zero-order valence-electron chi connectivity index (χ0n) is 13.7. The van der Waals surface area contributed by atoms with Crippen LogP contribution in [0.1, 0.15) is 30.2 Å². The van der Waals surface area contributed by atoms with Gasteiger partial charge in [-0.15, -0.1) is 0 Å². The number of H-pyrrole nitrogens is 1. The van der Waals surface area contributed by atoms with E-state index in [1.54, 1.807) is 12.4 Å².